The van der Waals surface area contributed by atoms with Crippen LogP contribution in [0.25, 0.3) is 11.0 Å². The Bertz CT molecular complexity index is 946. The third-order valence-electron chi connectivity index (χ3n) is 4.98. The number of nitrogens with one attached hydrogen (secondary N) is 1. The Labute approximate surface area is 166 Å². The Kier molecular flexibility index (Phi) is 6.69. The maximum Gasteiger partial charge on any atom is 0.257 e. The summed E-state index contributed by atoms with van der Waals surface area (Å²) in [6.45, 7) is 4.74. The molecule has 0 radical (unpaired) electrons. The summed E-state index contributed by atoms with van der Waals surface area (Å²) in [6, 6.07) is 14.2. The number of aryl methyl sites for hydroxylation is 4. The number of amides is 1. The molecule has 148 valence electrons. The van der Waals surface area contributed by atoms with Crippen LogP contribution in [-0.2, 0) is 18.3 Å². The number of carbonyl (C=O) groups is 1. The topological polar surface area (TPSA) is 56.1 Å². The van der Waals surface area contributed by atoms with Crippen molar-refractivity contribution in [3.05, 3.63) is 59.4 Å². The predicted molar refractivity (Wildman–Crippen MR) is 113 cm³/mol. The molecule has 3 rings (SSSR count). The van der Waals surface area contributed by atoms with E-state index in [0.29, 0.717) is 6.54 Å². The number of rotatable bonds is 9. The molecule has 1 amide bonds. The Morgan fingerprint density at radius 2 is 1.93 bits per heavy atom. The Balaban J connectivity index is 1.32. The van der Waals surface area contributed by atoms with Crippen LogP contribution in [0.15, 0.2) is 42.5 Å². The van der Waals surface area contributed by atoms with Crippen molar-refractivity contribution in [2.75, 3.05) is 13.2 Å². The third kappa shape index (κ3) is 5.12. The molecule has 0 saturated carbocycles. The third-order valence-corrected chi connectivity index (χ3v) is 4.98. The van der Waals surface area contributed by atoms with Crippen LogP contribution in [0.1, 0.15) is 36.2 Å². The van der Waals surface area contributed by atoms with Crippen molar-refractivity contribution in [1.29, 1.82) is 0 Å². The number of hydrogen-bond donors (Lipinski definition) is 1. The van der Waals surface area contributed by atoms with E-state index >= 15 is 0 Å². The first kappa shape index (κ1) is 19.9. The summed E-state index contributed by atoms with van der Waals surface area (Å²) >= 11 is 0. The van der Waals surface area contributed by atoms with E-state index in [9.17, 15) is 4.79 Å². The zero-order valence-electron chi connectivity index (χ0n) is 17.0. The number of unbranched alkanes of at least 4 members (excludes halogenated alkanes) is 2. The van der Waals surface area contributed by atoms with Gasteiger partial charge in [0.15, 0.2) is 6.61 Å². The second-order valence-corrected chi connectivity index (χ2v) is 7.29. The van der Waals surface area contributed by atoms with Gasteiger partial charge in [-0.05, 0) is 56.0 Å². The van der Waals surface area contributed by atoms with Crippen LogP contribution < -0.4 is 10.1 Å². The van der Waals surface area contributed by atoms with E-state index in [0.717, 1.165) is 53.9 Å². The summed E-state index contributed by atoms with van der Waals surface area (Å²) in [5, 5.41) is 2.93. The van der Waals surface area contributed by atoms with Crippen LogP contribution in [0.5, 0.6) is 5.75 Å². The van der Waals surface area contributed by atoms with Gasteiger partial charge in [-0.1, -0.05) is 30.7 Å². The molecule has 0 unspecified atom stereocenters. The lowest BCUT2D eigenvalue weighted by Crippen LogP contribution is -2.29. The Morgan fingerprint density at radius 1 is 1.11 bits per heavy atom. The first-order chi connectivity index (χ1) is 13.5. The highest BCUT2D eigenvalue weighted by Crippen LogP contribution is 2.19. The highest BCUT2D eigenvalue weighted by Gasteiger charge is 2.07. The molecule has 3 aromatic rings. The van der Waals surface area contributed by atoms with Gasteiger partial charge in [0, 0.05) is 20.0 Å². The van der Waals surface area contributed by atoms with Crippen LogP contribution >= 0.6 is 0 Å². The molecule has 0 saturated heterocycles. The van der Waals surface area contributed by atoms with E-state index < -0.39 is 0 Å². The molecule has 5 nitrogen and oxygen atoms in total. The van der Waals surface area contributed by atoms with Crippen molar-refractivity contribution in [3.63, 3.8) is 0 Å². The molecule has 1 N–H and O–H groups in total. The second kappa shape index (κ2) is 9.40. The predicted octanol–water partition coefficient (Wildman–Crippen LogP) is 4.10. The van der Waals surface area contributed by atoms with Crippen molar-refractivity contribution >= 4 is 16.9 Å². The average Bonchev–Trinajstić information content (AvgIpc) is 3.01. The summed E-state index contributed by atoms with van der Waals surface area (Å²) in [5.41, 5.74) is 4.40. The molecule has 0 fully saturated rings. The summed E-state index contributed by atoms with van der Waals surface area (Å²) in [5.74, 6) is 1.82. The molecule has 1 heterocycles. The fourth-order valence-electron chi connectivity index (χ4n) is 3.29. The van der Waals surface area contributed by atoms with Crippen LogP contribution in [0, 0.1) is 13.8 Å². The molecule has 5 heteroatoms. The van der Waals surface area contributed by atoms with Crippen molar-refractivity contribution < 1.29 is 9.53 Å². The van der Waals surface area contributed by atoms with Crippen LogP contribution in [0.4, 0.5) is 0 Å². The van der Waals surface area contributed by atoms with Gasteiger partial charge in [-0.2, -0.15) is 0 Å². The lowest BCUT2D eigenvalue weighted by molar-refractivity contribution is -0.123. The van der Waals surface area contributed by atoms with Gasteiger partial charge in [-0.25, -0.2) is 4.98 Å². The molecule has 0 bridgehead atoms. The van der Waals surface area contributed by atoms with Crippen molar-refractivity contribution in [2.24, 2.45) is 7.05 Å². The van der Waals surface area contributed by atoms with E-state index in [4.69, 9.17) is 9.72 Å². The molecular formula is C23H29N3O2. The minimum absolute atomic E-state index is 0.0597. The molecule has 0 aliphatic rings. The smallest absolute Gasteiger partial charge is 0.257 e. The summed E-state index contributed by atoms with van der Waals surface area (Å²) in [7, 11) is 2.07. The first-order valence-electron chi connectivity index (χ1n) is 9.91. The van der Waals surface area contributed by atoms with Gasteiger partial charge in [-0.15, -0.1) is 0 Å². The van der Waals surface area contributed by atoms with Crippen LogP contribution in [-0.4, -0.2) is 28.6 Å². The van der Waals surface area contributed by atoms with E-state index in [1.165, 1.54) is 5.52 Å². The maximum absolute atomic E-state index is 12.0. The SMILES string of the molecule is Cc1ccc(C)c(OCC(=O)NCCCCCc2nc3ccccc3n2C)c1. The number of para-hydroxylation sites is 2. The number of carbonyl (C=O) groups excluding carboxylic acids is 1. The molecule has 0 aliphatic carbocycles. The highest BCUT2D eigenvalue weighted by molar-refractivity contribution is 5.77. The van der Waals surface area contributed by atoms with E-state index in [1.54, 1.807) is 0 Å². The van der Waals surface area contributed by atoms with Gasteiger partial charge in [0.2, 0.25) is 0 Å². The number of aromatic nitrogens is 2. The average molecular weight is 380 g/mol. The summed E-state index contributed by atoms with van der Waals surface area (Å²) in [4.78, 5) is 16.7. The van der Waals surface area contributed by atoms with E-state index in [-0.39, 0.29) is 12.5 Å². The number of hydrogen-bond acceptors (Lipinski definition) is 3. The molecule has 0 atom stereocenters. The minimum atomic E-state index is -0.0729. The number of imidazole rings is 1. The fourth-order valence-corrected chi connectivity index (χ4v) is 3.29. The number of benzene rings is 2. The zero-order chi connectivity index (χ0) is 19.9. The summed E-state index contributed by atoms with van der Waals surface area (Å²) in [6.07, 6.45) is 4.03. The molecule has 1 aromatic heterocycles. The zero-order valence-corrected chi connectivity index (χ0v) is 17.0. The monoisotopic (exact) mass is 379 g/mol. The van der Waals surface area contributed by atoms with Gasteiger partial charge in [-0.3, -0.25) is 4.79 Å². The highest BCUT2D eigenvalue weighted by atomic mass is 16.5. The lowest BCUT2D eigenvalue weighted by Gasteiger charge is -2.10. The van der Waals surface area contributed by atoms with Crippen LogP contribution in [0.2, 0.25) is 0 Å². The molecule has 2 aromatic carbocycles. The van der Waals surface area contributed by atoms with Crippen molar-refractivity contribution in [3.8, 4) is 5.75 Å². The van der Waals surface area contributed by atoms with Gasteiger partial charge in [0.1, 0.15) is 11.6 Å². The van der Waals surface area contributed by atoms with Crippen LogP contribution in [0.3, 0.4) is 0 Å². The largest absolute Gasteiger partial charge is 0.483 e. The minimum Gasteiger partial charge on any atom is -0.483 e. The van der Waals surface area contributed by atoms with Gasteiger partial charge in [0.25, 0.3) is 5.91 Å². The Morgan fingerprint density at radius 3 is 2.75 bits per heavy atom. The normalized spacial score (nSPS) is 11.0. The molecular weight excluding hydrogens is 350 g/mol. The quantitative estimate of drug-likeness (QED) is 0.570. The number of nitrogens with zero attached hydrogens (tertiary/aromatic N) is 2. The summed E-state index contributed by atoms with van der Waals surface area (Å²) < 4.78 is 7.80. The van der Waals surface area contributed by atoms with Gasteiger partial charge >= 0.3 is 0 Å². The first-order valence-corrected chi connectivity index (χ1v) is 9.91. The number of fused-ring (bicyclic) bond motifs is 1. The second-order valence-electron chi connectivity index (χ2n) is 7.29. The maximum atomic E-state index is 12.0. The van der Waals surface area contributed by atoms with Gasteiger partial charge in [0.05, 0.1) is 11.0 Å². The lowest BCUT2D eigenvalue weighted by atomic mass is 10.1. The van der Waals surface area contributed by atoms with Crippen molar-refractivity contribution in [1.82, 2.24) is 14.9 Å². The van der Waals surface area contributed by atoms with Crippen molar-refractivity contribution in [2.45, 2.75) is 39.5 Å². The fraction of sp³-hybridized carbons (Fsp3) is 0.391. The molecule has 28 heavy (non-hydrogen) atoms. The standard InChI is InChI=1S/C23H29N3O2/c1-17-12-13-18(2)21(15-17)28-16-23(27)24-14-8-4-5-11-22-25-19-9-6-7-10-20(19)26(22)3/h6-7,9-10,12-13,15H,4-5,8,11,14,16H2,1-3H3,(H,24,27). The van der Waals surface area contributed by atoms with Gasteiger partial charge < -0.3 is 14.6 Å². The number of ether oxygens (including phenoxy) is 1. The molecule has 0 spiro atoms. The van der Waals surface area contributed by atoms with E-state index in [1.807, 2.05) is 44.2 Å². The van der Waals surface area contributed by atoms with E-state index in [2.05, 4.69) is 29.1 Å². The Hall–Kier alpha value is -2.82. The molecule has 0 aliphatic heterocycles.